The normalized spacial score (nSPS) is 15.4. The molecule has 0 unspecified atom stereocenters. The number of methoxy groups -OCH3 is 2. The Labute approximate surface area is 248 Å². The standard InChI is InChI=1S/C31H32FN5O4S/c1-17-13-24(32)22(16-26(17)40-2)28(35-19-6-8-21-18(14-19)10-11-34-29(21)33)30(38)37-12-4-5-25(37)23-15-20(7-9-27(23)42)36-31(39)41-3/h6-11,13-16,25,28,35,42H,4-5,12H2,1-3H3,(H2,33,34)(H,36,39)/t25-,28-/m1/s1. The van der Waals surface area contributed by atoms with Crippen molar-refractivity contribution in [2.75, 3.05) is 37.1 Å². The van der Waals surface area contributed by atoms with Crippen LogP contribution in [0.25, 0.3) is 10.8 Å². The number of aryl methyl sites for hydroxylation is 1. The molecular formula is C31H32FN5O4S. The highest BCUT2D eigenvalue weighted by molar-refractivity contribution is 7.80. The van der Waals surface area contributed by atoms with Crippen molar-refractivity contribution in [3.05, 3.63) is 83.3 Å². The van der Waals surface area contributed by atoms with Gasteiger partial charge in [-0.3, -0.25) is 10.1 Å². The van der Waals surface area contributed by atoms with Crippen molar-refractivity contribution in [1.82, 2.24) is 9.88 Å². The summed E-state index contributed by atoms with van der Waals surface area (Å²) < 4.78 is 25.8. The van der Waals surface area contributed by atoms with Crippen LogP contribution >= 0.6 is 12.6 Å². The van der Waals surface area contributed by atoms with Gasteiger partial charge in [-0.1, -0.05) is 0 Å². The molecule has 2 atom stereocenters. The van der Waals surface area contributed by atoms with Crippen molar-refractivity contribution in [2.45, 2.75) is 36.7 Å². The lowest BCUT2D eigenvalue weighted by Gasteiger charge is -2.31. The third kappa shape index (κ3) is 5.78. The van der Waals surface area contributed by atoms with Gasteiger partial charge in [0.15, 0.2) is 0 Å². The Morgan fingerprint density at radius 2 is 1.90 bits per heavy atom. The van der Waals surface area contributed by atoms with Crippen molar-refractivity contribution in [2.24, 2.45) is 0 Å². The first-order valence-corrected chi connectivity index (χ1v) is 13.9. The van der Waals surface area contributed by atoms with Crippen molar-refractivity contribution in [3.8, 4) is 5.75 Å². The average Bonchev–Trinajstić information content (AvgIpc) is 3.47. The number of likely N-dealkylation sites (tertiary alicyclic amines) is 1. The summed E-state index contributed by atoms with van der Waals surface area (Å²) in [6, 6.07) is 14.1. The number of nitrogens with zero attached hydrogens (tertiary/aromatic N) is 2. The number of ether oxygens (including phenoxy) is 2. The first-order chi connectivity index (χ1) is 20.2. The molecule has 42 heavy (non-hydrogen) atoms. The number of benzene rings is 3. The number of hydrogen-bond donors (Lipinski definition) is 4. The number of thiol groups is 1. The molecule has 0 saturated carbocycles. The number of nitrogens with two attached hydrogens (primary N) is 1. The van der Waals surface area contributed by atoms with Crippen LogP contribution < -0.4 is 21.1 Å². The smallest absolute Gasteiger partial charge is 0.411 e. The molecule has 3 aromatic carbocycles. The summed E-state index contributed by atoms with van der Waals surface area (Å²) in [6.45, 7) is 2.21. The van der Waals surface area contributed by atoms with E-state index >= 15 is 4.39 Å². The van der Waals surface area contributed by atoms with E-state index in [0.29, 0.717) is 46.4 Å². The fraction of sp³-hybridized carbons (Fsp3) is 0.258. The third-order valence-electron chi connectivity index (χ3n) is 7.53. The molecule has 4 N–H and O–H groups in total. The second kappa shape index (κ2) is 12.2. The van der Waals surface area contributed by atoms with Gasteiger partial charge in [0.25, 0.3) is 0 Å². The van der Waals surface area contributed by atoms with Gasteiger partial charge in [0.05, 0.1) is 20.3 Å². The minimum atomic E-state index is -1.07. The van der Waals surface area contributed by atoms with Crippen molar-refractivity contribution in [1.29, 1.82) is 0 Å². The molecule has 9 nitrogen and oxygen atoms in total. The summed E-state index contributed by atoms with van der Waals surface area (Å²) in [4.78, 5) is 32.8. The van der Waals surface area contributed by atoms with Gasteiger partial charge in [-0.15, -0.1) is 12.6 Å². The Bertz CT molecular complexity index is 1670. The Kier molecular flexibility index (Phi) is 8.39. The molecule has 0 bridgehead atoms. The van der Waals surface area contributed by atoms with Gasteiger partial charge < -0.3 is 25.4 Å². The zero-order valence-electron chi connectivity index (χ0n) is 23.5. The van der Waals surface area contributed by atoms with Crippen LogP contribution in [-0.2, 0) is 9.53 Å². The number of nitrogens with one attached hydrogen (secondary N) is 2. The van der Waals surface area contributed by atoms with Crippen molar-refractivity contribution < 1.29 is 23.5 Å². The Morgan fingerprint density at radius 1 is 1.12 bits per heavy atom. The lowest BCUT2D eigenvalue weighted by Crippen LogP contribution is -2.38. The number of anilines is 3. The molecule has 0 spiro atoms. The first-order valence-electron chi connectivity index (χ1n) is 13.4. The van der Waals surface area contributed by atoms with E-state index in [4.69, 9.17) is 15.2 Å². The number of aromatic nitrogens is 1. The number of fused-ring (bicyclic) bond motifs is 1. The molecule has 218 valence electrons. The number of rotatable bonds is 7. The number of nitrogen functional groups attached to an aromatic ring is 1. The minimum absolute atomic E-state index is 0.162. The molecule has 1 fully saturated rings. The molecule has 1 saturated heterocycles. The van der Waals surface area contributed by atoms with E-state index in [2.05, 4.69) is 28.2 Å². The van der Waals surface area contributed by atoms with Gasteiger partial charge in [0.1, 0.15) is 23.4 Å². The number of hydrogen-bond acceptors (Lipinski definition) is 8. The van der Waals surface area contributed by atoms with Gasteiger partial charge in [0.2, 0.25) is 5.91 Å². The van der Waals surface area contributed by atoms with Crippen LogP contribution in [0.5, 0.6) is 5.75 Å². The van der Waals surface area contributed by atoms with Gasteiger partial charge >= 0.3 is 6.09 Å². The van der Waals surface area contributed by atoms with Gasteiger partial charge in [-0.05, 0) is 90.9 Å². The lowest BCUT2D eigenvalue weighted by atomic mass is 9.99. The van der Waals surface area contributed by atoms with Crippen LogP contribution in [-0.4, -0.2) is 42.6 Å². The molecule has 4 aromatic rings. The fourth-order valence-corrected chi connectivity index (χ4v) is 5.72. The number of halogens is 1. The highest BCUT2D eigenvalue weighted by Crippen LogP contribution is 2.40. The topological polar surface area (TPSA) is 119 Å². The molecule has 2 amide bonds. The summed E-state index contributed by atoms with van der Waals surface area (Å²) in [7, 11) is 2.80. The second-order valence-corrected chi connectivity index (χ2v) is 10.6. The highest BCUT2D eigenvalue weighted by atomic mass is 32.1. The molecule has 1 aromatic heterocycles. The molecule has 1 aliphatic rings. The van der Waals surface area contributed by atoms with E-state index in [1.807, 2.05) is 18.2 Å². The van der Waals surface area contributed by atoms with Crippen molar-refractivity contribution in [3.63, 3.8) is 0 Å². The number of carbonyl (C=O) groups excluding carboxylic acids is 2. The van der Waals surface area contributed by atoms with Crippen molar-refractivity contribution >= 4 is 52.6 Å². The molecule has 0 radical (unpaired) electrons. The van der Waals surface area contributed by atoms with Crippen LogP contribution in [0.2, 0.25) is 0 Å². The fourth-order valence-electron chi connectivity index (χ4n) is 5.43. The predicted molar refractivity (Wildman–Crippen MR) is 164 cm³/mol. The maximum atomic E-state index is 15.6. The number of amides is 2. The monoisotopic (exact) mass is 589 g/mol. The van der Waals surface area contributed by atoms with Crippen LogP contribution in [0.1, 0.15) is 41.6 Å². The summed E-state index contributed by atoms with van der Waals surface area (Å²) >= 11 is 4.65. The van der Waals surface area contributed by atoms with E-state index in [1.165, 1.54) is 20.3 Å². The van der Waals surface area contributed by atoms with E-state index in [9.17, 15) is 9.59 Å². The van der Waals surface area contributed by atoms with Gasteiger partial charge in [-0.2, -0.15) is 0 Å². The molecule has 5 rings (SSSR count). The van der Waals surface area contributed by atoms with E-state index in [0.717, 1.165) is 22.8 Å². The van der Waals surface area contributed by atoms with Crippen LogP contribution in [0, 0.1) is 12.7 Å². The minimum Gasteiger partial charge on any atom is -0.496 e. The highest BCUT2D eigenvalue weighted by Gasteiger charge is 2.37. The molecular weight excluding hydrogens is 557 g/mol. The van der Waals surface area contributed by atoms with E-state index < -0.39 is 18.0 Å². The maximum absolute atomic E-state index is 15.6. The molecule has 2 heterocycles. The Balaban J connectivity index is 1.55. The number of carbonyl (C=O) groups is 2. The lowest BCUT2D eigenvalue weighted by molar-refractivity contribution is -0.133. The van der Waals surface area contributed by atoms with Gasteiger partial charge in [0, 0.05) is 40.0 Å². The summed E-state index contributed by atoms with van der Waals surface area (Å²) in [5.74, 6) is 0.0342. The summed E-state index contributed by atoms with van der Waals surface area (Å²) in [6.07, 6.45) is 2.43. The van der Waals surface area contributed by atoms with Crippen LogP contribution in [0.4, 0.5) is 26.4 Å². The maximum Gasteiger partial charge on any atom is 0.411 e. The SMILES string of the molecule is COC(=O)Nc1ccc(S)c([C@H]2CCCN2C(=O)[C@H](Nc2ccc3c(N)nccc3c2)c2cc(OC)c(C)cc2F)c1. The molecule has 0 aliphatic carbocycles. The quantitative estimate of drug-likeness (QED) is 0.188. The largest absolute Gasteiger partial charge is 0.496 e. The first kappa shape index (κ1) is 29.0. The zero-order valence-corrected chi connectivity index (χ0v) is 24.4. The molecule has 11 heteroatoms. The zero-order chi connectivity index (χ0) is 30.0. The van der Waals surface area contributed by atoms with E-state index in [1.54, 1.807) is 48.4 Å². The van der Waals surface area contributed by atoms with Crippen LogP contribution in [0.3, 0.4) is 0 Å². The van der Waals surface area contributed by atoms with Gasteiger partial charge in [-0.25, -0.2) is 14.2 Å². The average molecular weight is 590 g/mol. The predicted octanol–water partition coefficient (Wildman–Crippen LogP) is 6.26. The van der Waals surface area contributed by atoms with E-state index in [-0.39, 0.29) is 17.5 Å². The van der Waals surface area contributed by atoms with Crippen LogP contribution in [0.15, 0.2) is 65.7 Å². The Morgan fingerprint density at radius 3 is 2.67 bits per heavy atom. The molecule has 1 aliphatic heterocycles. The summed E-state index contributed by atoms with van der Waals surface area (Å²) in [5.41, 5.74) is 8.71. The Hall–Kier alpha value is -4.51. The third-order valence-corrected chi connectivity index (χ3v) is 7.94. The summed E-state index contributed by atoms with van der Waals surface area (Å²) in [5, 5.41) is 7.55. The number of pyridine rings is 1. The second-order valence-electron chi connectivity index (χ2n) is 10.1.